The SMILES string of the molecule is OCC1CCn2cc(C3CCNCC3)nc2C1. The topological polar surface area (TPSA) is 50.1 Å². The lowest BCUT2D eigenvalue weighted by atomic mass is 9.95. The molecule has 0 bridgehead atoms. The fraction of sp³-hybridized carbons (Fsp3) is 0.769. The Morgan fingerprint density at radius 3 is 2.94 bits per heavy atom. The van der Waals surface area contributed by atoms with Gasteiger partial charge in [0.25, 0.3) is 0 Å². The highest BCUT2D eigenvalue weighted by atomic mass is 16.3. The van der Waals surface area contributed by atoms with E-state index in [1.54, 1.807) is 0 Å². The lowest BCUT2D eigenvalue weighted by Crippen LogP contribution is -2.26. The van der Waals surface area contributed by atoms with Crippen molar-refractivity contribution in [2.24, 2.45) is 5.92 Å². The zero-order valence-corrected chi connectivity index (χ0v) is 10.2. The van der Waals surface area contributed by atoms with Gasteiger partial charge in [-0.05, 0) is 38.3 Å². The van der Waals surface area contributed by atoms with Gasteiger partial charge in [-0.2, -0.15) is 0 Å². The van der Waals surface area contributed by atoms with Gasteiger partial charge in [0, 0.05) is 31.7 Å². The Hall–Kier alpha value is -0.870. The minimum absolute atomic E-state index is 0.301. The van der Waals surface area contributed by atoms with E-state index in [9.17, 15) is 5.11 Å². The molecule has 2 aliphatic rings. The third-order valence-electron chi connectivity index (χ3n) is 4.14. The number of imidazole rings is 1. The summed E-state index contributed by atoms with van der Waals surface area (Å²) in [5, 5.41) is 12.6. The summed E-state index contributed by atoms with van der Waals surface area (Å²) in [7, 11) is 0. The smallest absolute Gasteiger partial charge is 0.109 e. The summed E-state index contributed by atoms with van der Waals surface area (Å²) in [6, 6.07) is 0. The van der Waals surface area contributed by atoms with E-state index in [0.29, 0.717) is 18.4 Å². The van der Waals surface area contributed by atoms with Crippen molar-refractivity contribution < 1.29 is 5.11 Å². The Morgan fingerprint density at radius 2 is 2.18 bits per heavy atom. The summed E-state index contributed by atoms with van der Waals surface area (Å²) in [5.41, 5.74) is 1.28. The third-order valence-corrected chi connectivity index (χ3v) is 4.14. The van der Waals surface area contributed by atoms with Gasteiger partial charge in [-0.3, -0.25) is 0 Å². The molecule has 1 fully saturated rings. The summed E-state index contributed by atoms with van der Waals surface area (Å²) in [6.07, 6.45) is 6.70. The Morgan fingerprint density at radius 1 is 1.35 bits per heavy atom. The van der Waals surface area contributed by atoms with Crippen LogP contribution in [0.15, 0.2) is 6.20 Å². The Kier molecular flexibility index (Phi) is 3.16. The van der Waals surface area contributed by atoms with Crippen molar-refractivity contribution in [3.63, 3.8) is 0 Å². The van der Waals surface area contributed by atoms with Crippen LogP contribution in [0.3, 0.4) is 0 Å². The van der Waals surface area contributed by atoms with E-state index >= 15 is 0 Å². The molecule has 1 aromatic heterocycles. The zero-order chi connectivity index (χ0) is 11.7. The first-order valence-electron chi connectivity index (χ1n) is 6.74. The molecule has 1 unspecified atom stereocenters. The third kappa shape index (κ3) is 2.24. The van der Waals surface area contributed by atoms with E-state index in [4.69, 9.17) is 4.98 Å². The van der Waals surface area contributed by atoms with Crippen LogP contribution in [0.25, 0.3) is 0 Å². The van der Waals surface area contributed by atoms with Crippen LogP contribution in [0.5, 0.6) is 0 Å². The summed E-state index contributed by atoms with van der Waals surface area (Å²) in [6.45, 7) is 3.56. The van der Waals surface area contributed by atoms with Crippen LogP contribution in [-0.2, 0) is 13.0 Å². The second-order valence-electron chi connectivity index (χ2n) is 5.34. The van der Waals surface area contributed by atoms with Gasteiger partial charge < -0.3 is 15.0 Å². The van der Waals surface area contributed by atoms with Gasteiger partial charge in [-0.25, -0.2) is 4.98 Å². The highest BCUT2D eigenvalue weighted by molar-refractivity contribution is 5.12. The number of rotatable bonds is 2. The van der Waals surface area contributed by atoms with Gasteiger partial charge in [0.05, 0.1) is 5.69 Å². The molecule has 3 rings (SSSR count). The number of aliphatic hydroxyl groups is 1. The van der Waals surface area contributed by atoms with Gasteiger partial charge >= 0.3 is 0 Å². The van der Waals surface area contributed by atoms with Crippen LogP contribution in [0.2, 0.25) is 0 Å². The van der Waals surface area contributed by atoms with Crippen LogP contribution in [0.1, 0.15) is 36.7 Å². The standard InChI is InChI=1S/C13H21N3O/c17-9-10-3-6-16-8-12(15-13(16)7-10)11-1-4-14-5-2-11/h8,10-11,14,17H,1-7,9H2. The van der Waals surface area contributed by atoms with Crippen LogP contribution in [0, 0.1) is 5.92 Å². The number of aryl methyl sites for hydroxylation is 1. The molecule has 2 N–H and O–H groups in total. The van der Waals surface area contributed by atoms with E-state index < -0.39 is 0 Å². The van der Waals surface area contributed by atoms with Crippen molar-refractivity contribution in [2.75, 3.05) is 19.7 Å². The first-order chi connectivity index (χ1) is 8.36. The molecule has 0 radical (unpaired) electrons. The molecule has 3 heterocycles. The van der Waals surface area contributed by atoms with Gasteiger partial charge in [0.1, 0.15) is 5.82 Å². The molecule has 1 atom stereocenters. The Bertz CT molecular complexity index is 382. The van der Waals surface area contributed by atoms with Crippen molar-refractivity contribution in [2.45, 2.75) is 38.1 Å². The predicted octanol–water partition coefficient (Wildman–Crippen LogP) is 0.905. The predicted molar refractivity (Wildman–Crippen MR) is 66.0 cm³/mol. The maximum atomic E-state index is 9.23. The number of fused-ring (bicyclic) bond motifs is 1. The molecule has 4 heteroatoms. The van der Waals surface area contributed by atoms with E-state index in [2.05, 4.69) is 16.1 Å². The van der Waals surface area contributed by atoms with Gasteiger partial charge in [-0.15, -0.1) is 0 Å². The molecule has 0 spiro atoms. The van der Waals surface area contributed by atoms with Crippen molar-refractivity contribution in [3.05, 3.63) is 17.7 Å². The van der Waals surface area contributed by atoms with Gasteiger partial charge in [0.15, 0.2) is 0 Å². The van der Waals surface area contributed by atoms with Crippen molar-refractivity contribution >= 4 is 0 Å². The van der Waals surface area contributed by atoms with Crippen molar-refractivity contribution in [3.8, 4) is 0 Å². The second kappa shape index (κ2) is 4.78. The summed E-state index contributed by atoms with van der Waals surface area (Å²) < 4.78 is 2.30. The Labute approximate surface area is 102 Å². The minimum atomic E-state index is 0.301. The lowest BCUT2D eigenvalue weighted by Gasteiger charge is -2.20. The summed E-state index contributed by atoms with van der Waals surface area (Å²) >= 11 is 0. The van der Waals surface area contributed by atoms with Crippen molar-refractivity contribution in [1.29, 1.82) is 0 Å². The average Bonchev–Trinajstić information content (AvgIpc) is 2.82. The molecular weight excluding hydrogens is 214 g/mol. The largest absolute Gasteiger partial charge is 0.396 e. The number of hydrogen-bond donors (Lipinski definition) is 2. The molecule has 0 amide bonds. The van der Waals surface area contributed by atoms with Gasteiger partial charge in [-0.1, -0.05) is 0 Å². The van der Waals surface area contributed by atoms with Crippen molar-refractivity contribution in [1.82, 2.24) is 14.9 Å². The van der Waals surface area contributed by atoms with E-state index in [0.717, 1.165) is 32.5 Å². The number of piperidine rings is 1. The Balaban J connectivity index is 1.77. The van der Waals surface area contributed by atoms with E-state index in [1.807, 2.05) is 0 Å². The molecule has 4 nitrogen and oxygen atoms in total. The monoisotopic (exact) mass is 235 g/mol. The highest BCUT2D eigenvalue weighted by Gasteiger charge is 2.23. The maximum absolute atomic E-state index is 9.23. The quantitative estimate of drug-likeness (QED) is 0.801. The highest BCUT2D eigenvalue weighted by Crippen LogP contribution is 2.27. The first-order valence-corrected chi connectivity index (χ1v) is 6.74. The molecule has 1 aromatic rings. The van der Waals surface area contributed by atoms with E-state index in [-0.39, 0.29) is 0 Å². The number of nitrogens with one attached hydrogen (secondary N) is 1. The normalized spacial score (nSPS) is 25.8. The van der Waals surface area contributed by atoms with Crippen LogP contribution in [-0.4, -0.2) is 34.4 Å². The summed E-state index contributed by atoms with van der Waals surface area (Å²) in [5.74, 6) is 2.25. The second-order valence-corrected chi connectivity index (χ2v) is 5.34. The van der Waals surface area contributed by atoms with Crippen LogP contribution >= 0.6 is 0 Å². The number of aromatic nitrogens is 2. The molecular formula is C13H21N3O. The molecule has 94 valence electrons. The van der Waals surface area contributed by atoms with Crippen LogP contribution in [0.4, 0.5) is 0 Å². The van der Waals surface area contributed by atoms with Crippen LogP contribution < -0.4 is 5.32 Å². The summed E-state index contributed by atoms with van der Waals surface area (Å²) in [4.78, 5) is 4.80. The zero-order valence-electron chi connectivity index (χ0n) is 10.2. The molecule has 17 heavy (non-hydrogen) atoms. The lowest BCUT2D eigenvalue weighted by molar-refractivity contribution is 0.199. The number of aliphatic hydroxyl groups excluding tert-OH is 1. The average molecular weight is 235 g/mol. The fourth-order valence-corrected chi connectivity index (χ4v) is 2.98. The van der Waals surface area contributed by atoms with E-state index in [1.165, 1.54) is 24.4 Å². The fourth-order valence-electron chi connectivity index (χ4n) is 2.98. The molecule has 0 saturated carbocycles. The molecule has 1 saturated heterocycles. The minimum Gasteiger partial charge on any atom is -0.396 e. The first kappa shape index (κ1) is 11.2. The molecule has 0 aliphatic carbocycles. The molecule has 0 aromatic carbocycles. The maximum Gasteiger partial charge on any atom is 0.109 e. The molecule has 2 aliphatic heterocycles. The number of nitrogens with zero attached hydrogens (tertiary/aromatic N) is 2. The van der Waals surface area contributed by atoms with Gasteiger partial charge in [0.2, 0.25) is 0 Å². The number of hydrogen-bond acceptors (Lipinski definition) is 3.